The number of methoxy groups -OCH3 is 1. The number of rotatable bonds is 4. The zero-order chi connectivity index (χ0) is 14.4. The Balaban J connectivity index is 2.47. The van der Waals surface area contributed by atoms with Gasteiger partial charge in [0.05, 0.1) is 7.11 Å². The lowest BCUT2D eigenvalue weighted by Crippen LogP contribution is -2.47. The van der Waals surface area contributed by atoms with Crippen LogP contribution in [0.1, 0.15) is 33.1 Å². The number of amides is 2. The molecular formula is C13H22N2O4. The zero-order valence-electron chi connectivity index (χ0n) is 11.8. The van der Waals surface area contributed by atoms with E-state index in [-0.39, 0.29) is 17.7 Å². The van der Waals surface area contributed by atoms with Crippen molar-refractivity contribution in [3.05, 3.63) is 0 Å². The molecule has 1 atom stereocenters. The van der Waals surface area contributed by atoms with E-state index >= 15 is 0 Å². The minimum atomic E-state index is -0.580. The molecule has 6 nitrogen and oxygen atoms in total. The molecule has 1 rings (SSSR count). The van der Waals surface area contributed by atoms with Crippen LogP contribution in [0.25, 0.3) is 0 Å². The van der Waals surface area contributed by atoms with E-state index in [4.69, 9.17) is 0 Å². The summed E-state index contributed by atoms with van der Waals surface area (Å²) in [5.41, 5.74) is 0. The second-order valence-electron chi connectivity index (χ2n) is 4.77. The number of carbonyl (C=O) groups is 3. The average molecular weight is 270 g/mol. The summed E-state index contributed by atoms with van der Waals surface area (Å²) < 4.78 is 4.63. The molecule has 0 aromatic heterocycles. The van der Waals surface area contributed by atoms with Crippen LogP contribution in [0, 0.1) is 5.92 Å². The van der Waals surface area contributed by atoms with E-state index in [0.717, 1.165) is 0 Å². The van der Waals surface area contributed by atoms with E-state index in [1.54, 1.807) is 4.90 Å². The summed E-state index contributed by atoms with van der Waals surface area (Å²) in [5.74, 6) is -0.633. The van der Waals surface area contributed by atoms with Gasteiger partial charge in [0, 0.05) is 25.9 Å². The first-order valence-electron chi connectivity index (χ1n) is 6.63. The third kappa shape index (κ3) is 4.22. The average Bonchev–Trinajstić information content (AvgIpc) is 2.43. The van der Waals surface area contributed by atoms with Gasteiger partial charge in [-0.2, -0.15) is 0 Å². The van der Waals surface area contributed by atoms with E-state index < -0.39 is 12.0 Å². The summed E-state index contributed by atoms with van der Waals surface area (Å²) in [6.45, 7) is 4.55. The quantitative estimate of drug-likeness (QED) is 0.746. The number of nitrogens with one attached hydrogen (secondary N) is 1. The molecule has 19 heavy (non-hydrogen) atoms. The number of hydrogen-bond acceptors (Lipinski definition) is 4. The van der Waals surface area contributed by atoms with Crippen LogP contribution in [0.4, 0.5) is 0 Å². The van der Waals surface area contributed by atoms with Crippen molar-refractivity contribution >= 4 is 17.8 Å². The molecule has 0 radical (unpaired) electrons. The summed E-state index contributed by atoms with van der Waals surface area (Å²) in [6, 6.07) is -0.580. The molecule has 6 heteroatoms. The van der Waals surface area contributed by atoms with Gasteiger partial charge in [-0.15, -0.1) is 0 Å². The summed E-state index contributed by atoms with van der Waals surface area (Å²) in [5, 5.41) is 2.71. The van der Waals surface area contributed by atoms with E-state index in [2.05, 4.69) is 10.1 Å². The van der Waals surface area contributed by atoms with E-state index in [1.807, 2.05) is 6.92 Å². The minimum Gasteiger partial charge on any atom is -0.467 e. The van der Waals surface area contributed by atoms with Crippen LogP contribution in [0.5, 0.6) is 0 Å². The first-order chi connectivity index (χ1) is 8.99. The molecule has 0 aliphatic carbocycles. The Morgan fingerprint density at radius 1 is 1.32 bits per heavy atom. The highest BCUT2D eigenvalue weighted by atomic mass is 16.5. The highest BCUT2D eigenvalue weighted by Gasteiger charge is 2.28. The number of ether oxygens (including phenoxy) is 1. The van der Waals surface area contributed by atoms with Gasteiger partial charge in [0.1, 0.15) is 6.04 Å². The fourth-order valence-corrected chi connectivity index (χ4v) is 2.22. The Morgan fingerprint density at radius 2 is 1.89 bits per heavy atom. The predicted molar refractivity (Wildman–Crippen MR) is 69.2 cm³/mol. The number of hydrogen-bond donors (Lipinski definition) is 1. The van der Waals surface area contributed by atoms with E-state index in [0.29, 0.717) is 32.4 Å². The number of nitrogens with zero attached hydrogens (tertiary/aromatic N) is 1. The second kappa shape index (κ2) is 7.11. The van der Waals surface area contributed by atoms with Crippen LogP contribution in [0.15, 0.2) is 0 Å². The number of likely N-dealkylation sites (tertiary alicyclic amines) is 1. The van der Waals surface area contributed by atoms with Crippen molar-refractivity contribution in [2.24, 2.45) is 5.92 Å². The summed E-state index contributed by atoms with van der Waals surface area (Å²) in [4.78, 5) is 36.4. The fraction of sp³-hybridized carbons (Fsp3) is 0.769. The Bertz CT molecular complexity index is 349. The third-order valence-corrected chi connectivity index (χ3v) is 3.52. The lowest BCUT2D eigenvalue weighted by molar-refractivity contribution is -0.146. The Kier molecular flexibility index (Phi) is 5.79. The maximum absolute atomic E-state index is 12.0. The van der Waals surface area contributed by atoms with Crippen LogP contribution in [0.3, 0.4) is 0 Å². The predicted octanol–water partition coefficient (Wildman–Crippen LogP) is 0.313. The normalized spacial score (nSPS) is 17.7. The summed E-state index contributed by atoms with van der Waals surface area (Å²) in [6.07, 6.45) is 1.79. The summed E-state index contributed by atoms with van der Waals surface area (Å²) >= 11 is 0. The molecule has 0 aromatic rings. The molecule has 1 fully saturated rings. The Labute approximate surface area is 113 Å². The first-order valence-corrected chi connectivity index (χ1v) is 6.63. The number of esters is 1. The van der Waals surface area contributed by atoms with Crippen molar-refractivity contribution in [2.75, 3.05) is 20.2 Å². The molecule has 0 spiro atoms. The molecule has 0 saturated carbocycles. The highest BCUT2D eigenvalue weighted by Crippen LogP contribution is 2.17. The zero-order valence-corrected chi connectivity index (χ0v) is 11.8. The van der Waals surface area contributed by atoms with Crippen LogP contribution < -0.4 is 5.32 Å². The van der Waals surface area contributed by atoms with Gasteiger partial charge in [-0.1, -0.05) is 6.92 Å². The molecule has 0 bridgehead atoms. The molecule has 2 amide bonds. The molecule has 1 unspecified atom stereocenters. The number of carbonyl (C=O) groups excluding carboxylic acids is 3. The second-order valence-corrected chi connectivity index (χ2v) is 4.77. The smallest absolute Gasteiger partial charge is 0.328 e. The van der Waals surface area contributed by atoms with Gasteiger partial charge in [0.15, 0.2) is 0 Å². The van der Waals surface area contributed by atoms with Gasteiger partial charge in [0.25, 0.3) is 0 Å². The summed E-state index contributed by atoms with van der Waals surface area (Å²) in [7, 11) is 1.31. The van der Waals surface area contributed by atoms with Crippen molar-refractivity contribution in [3.8, 4) is 0 Å². The monoisotopic (exact) mass is 270 g/mol. The van der Waals surface area contributed by atoms with Crippen molar-refractivity contribution in [2.45, 2.75) is 39.2 Å². The lowest BCUT2D eigenvalue weighted by Gasteiger charge is -2.31. The molecule has 0 aromatic carbocycles. The molecule has 1 aliphatic rings. The largest absolute Gasteiger partial charge is 0.467 e. The molecule has 1 saturated heterocycles. The van der Waals surface area contributed by atoms with Crippen molar-refractivity contribution in [1.82, 2.24) is 10.2 Å². The lowest BCUT2D eigenvalue weighted by atomic mass is 9.95. The first kappa shape index (κ1) is 15.5. The molecule has 108 valence electrons. The topological polar surface area (TPSA) is 75.7 Å². The molecule has 1 aliphatic heterocycles. The van der Waals surface area contributed by atoms with Crippen LogP contribution in [-0.4, -0.2) is 48.9 Å². The van der Waals surface area contributed by atoms with E-state index in [1.165, 1.54) is 14.0 Å². The molecular weight excluding hydrogens is 248 g/mol. The third-order valence-electron chi connectivity index (χ3n) is 3.52. The Morgan fingerprint density at radius 3 is 2.32 bits per heavy atom. The van der Waals surface area contributed by atoms with Crippen LogP contribution >= 0.6 is 0 Å². The highest BCUT2D eigenvalue weighted by molar-refractivity contribution is 5.85. The maximum atomic E-state index is 12.0. The van der Waals surface area contributed by atoms with E-state index in [9.17, 15) is 14.4 Å². The van der Waals surface area contributed by atoms with Crippen molar-refractivity contribution in [3.63, 3.8) is 0 Å². The van der Waals surface area contributed by atoms with Gasteiger partial charge >= 0.3 is 5.97 Å². The maximum Gasteiger partial charge on any atom is 0.328 e. The molecule has 1 heterocycles. The van der Waals surface area contributed by atoms with Crippen molar-refractivity contribution in [1.29, 1.82) is 0 Å². The molecule has 1 N–H and O–H groups in total. The van der Waals surface area contributed by atoms with Crippen LogP contribution in [-0.2, 0) is 19.1 Å². The van der Waals surface area contributed by atoms with Gasteiger partial charge in [-0.3, -0.25) is 9.59 Å². The Hall–Kier alpha value is -1.59. The standard InChI is InChI=1S/C13H22N2O4/c1-4-11(13(18)19-3)14-12(17)10-5-7-15(8-6-10)9(2)16/h10-11H,4-8H2,1-3H3,(H,14,17). The minimum absolute atomic E-state index is 0.0415. The van der Waals surface area contributed by atoms with Crippen molar-refractivity contribution < 1.29 is 19.1 Å². The fourth-order valence-electron chi connectivity index (χ4n) is 2.22. The van der Waals surface area contributed by atoms with Gasteiger partial charge in [0.2, 0.25) is 11.8 Å². The van der Waals surface area contributed by atoms with Gasteiger partial charge < -0.3 is 15.0 Å². The SMILES string of the molecule is CCC(NC(=O)C1CCN(C(C)=O)CC1)C(=O)OC. The van der Waals surface area contributed by atoms with Gasteiger partial charge in [-0.25, -0.2) is 4.79 Å². The number of piperidine rings is 1. The van der Waals surface area contributed by atoms with Crippen LogP contribution in [0.2, 0.25) is 0 Å². The van der Waals surface area contributed by atoms with Gasteiger partial charge in [-0.05, 0) is 19.3 Å².